The Kier molecular flexibility index (Phi) is 5.87. The van der Waals surface area contributed by atoms with E-state index < -0.39 is 0 Å². The van der Waals surface area contributed by atoms with E-state index in [0.29, 0.717) is 6.54 Å². The quantitative estimate of drug-likeness (QED) is 0.855. The highest BCUT2D eigenvalue weighted by Crippen LogP contribution is 2.22. The molecule has 0 aliphatic carbocycles. The Morgan fingerprint density at radius 2 is 2.21 bits per heavy atom. The second kappa shape index (κ2) is 7.66. The lowest BCUT2D eigenvalue weighted by Gasteiger charge is -2.31. The van der Waals surface area contributed by atoms with Gasteiger partial charge in [0.2, 0.25) is 0 Å². The van der Waals surface area contributed by atoms with Crippen molar-refractivity contribution >= 4 is 11.3 Å². The van der Waals surface area contributed by atoms with Crippen LogP contribution in [0.2, 0.25) is 0 Å². The molecule has 0 bridgehead atoms. The molecule has 2 heterocycles. The lowest BCUT2D eigenvalue weighted by atomic mass is 9.98. The van der Waals surface area contributed by atoms with Crippen LogP contribution in [-0.2, 0) is 11.3 Å². The molecule has 4 heteroatoms. The van der Waals surface area contributed by atoms with Gasteiger partial charge in [0.25, 0.3) is 0 Å². The maximum absolute atomic E-state index is 5.38. The van der Waals surface area contributed by atoms with Gasteiger partial charge in [0.15, 0.2) is 0 Å². The van der Waals surface area contributed by atoms with E-state index in [1.165, 1.54) is 30.8 Å². The highest BCUT2D eigenvalue weighted by Gasteiger charge is 2.19. The highest BCUT2D eigenvalue weighted by atomic mass is 32.1. The first-order valence-electron chi connectivity index (χ1n) is 6.80. The molecule has 1 aliphatic rings. The van der Waals surface area contributed by atoms with E-state index in [1.807, 2.05) is 0 Å². The number of nitrogens with zero attached hydrogens (tertiary/aromatic N) is 1. The fourth-order valence-corrected chi connectivity index (χ4v) is 3.36. The third-order valence-corrected chi connectivity index (χ3v) is 4.45. The van der Waals surface area contributed by atoms with Gasteiger partial charge < -0.3 is 10.5 Å². The predicted octanol–water partition coefficient (Wildman–Crippen LogP) is 1.92. The summed E-state index contributed by atoms with van der Waals surface area (Å²) in [6.45, 7) is 4.74. The summed E-state index contributed by atoms with van der Waals surface area (Å²) in [5.41, 5.74) is 5.38. The van der Waals surface area contributed by atoms with Crippen LogP contribution < -0.4 is 5.73 Å². The van der Waals surface area contributed by atoms with Crippen LogP contribution >= 0.6 is 11.3 Å². The summed E-state index contributed by atoms with van der Waals surface area (Å²) in [5.74, 6) is 6.74. The van der Waals surface area contributed by atoms with Crippen molar-refractivity contribution in [2.75, 3.05) is 33.4 Å². The first-order chi connectivity index (χ1) is 9.31. The molecule has 19 heavy (non-hydrogen) atoms. The molecule has 2 N–H and O–H groups in total. The molecule has 0 aromatic carbocycles. The molecule has 1 aromatic heterocycles. The zero-order chi connectivity index (χ0) is 13.5. The molecular formula is C15H22N2OS. The molecule has 3 nitrogen and oxygen atoms in total. The van der Waals surface area contributed by atoms with Gasteiger partial charge in [-0.25, -0.2) is 0 Å². The normalized spacial score (nSPS) is 17.2. The number of rotatable bonds is 4. The van der Waals surface area contributed by atoms with E-state index in [0.717, 1.165) is 23.9 Å². The molecule has 0 unspecified atom stereocenters. The molecule has 0 spiro atoms. The number of piperidine rings is 1. The minimum absolute atomic E-state index is 0.431. The predicted molar refractivity (Wildman–Crippen MR) is 80.1 cm³/mol. The Hall–Kier alpha value is -0.860. The van der Waals surface area contributed by atoms with Gasteiger partial charge >= 0.3 is 0 Å². The lowest BCUT2D eigenvalue weighted by Crippen LogP contribution is -2.34. The molecule has 0 radical (unpaired) electrons. The topological polar surface area (TPSA) is 38.5 Å². The maximum atomic E-state index is 5.38. The van der Waals surface area contributed by atoms with Crippen molar-refractivity contribution in [3.63, 3.8) is 0 Å². The van der Waals surface area contributed by atoms with E-state index in [2.05, 4.69) is 28.9 Å². The van der Waals surface area contributed by atoms with Crippen molar-refractivity contribution in [3.8, 4) is 11.8 Å². The zero-order valence-electron chi connectivity index (χ0n) is 11.5. The maximum Gasteiger partial charge on any atom is 0.0772 e. The van der Waals surface area contributed by atoms with Crippen molar-refractivity contribution < 1.29 is 4.74 Å². The van der Waals surface area contributed by atoms with Gasteiger partial charge in [-0.05, 0) is 44.0 Å². The van der Waals surface area contributed by atoms with Gasteiger partial charge in [-0.1, -0.05) is 11.8 Å². The number of methoxy groups -OCH3 is 1. The van der Waals surface area contributed by atoms with Crippen molar-refractivity contribution in [1.29, 1.82) is 0 Å². The summed E-state index contributed by atoms with van der Waals surface area (Å²) in [6.07, 6.45) is 2.50. The van der Waals surface area contributed by atoms with Crippen LogP contribution in [0.1, 0.15) is 22.6 Å². The summed E-state index contributed by atoms with van der Waals surface area (Å²) in [6, 6.07) is 4.28. The summed E-state index contributed by atoms with van der Waals surface area (Å²) < 4.78 is 5.23. The van der Waals surface area contributed by atoms with Crippen LogP contribution in [0, 0.1) is 17.8 Å². The van der Waals surface area contributed by atoms with E-state index in [1.54, 1.807) is 18.4 Å². The number of hydrogen-bond donors (Lipinski definition) is 1. The fraction of sp³-hybridized carbons (Fsp3) is 0.600. The van der Waals surface area contributed by atoms with Crippen molar-refractivity contribution in [1.82, 2.24) is 4.90 Å². The second-order valence-electron chi connectivity index (χ2n) is 4.95. The van der Waals surface area contributed by atoms with Crippen LogP contribution in [0.25, 0.3) is 0 Å². The first-order valence-corrected chi connectivity index (χ1v) is 7.62. The van der Waals surface area contributed by atoms with Crippen LogP contribution in [0.4, 0.5) is 0 Å². The van der Waals surface area contributed by atoms with Gasteiger partial charge in [-0.3, -0.25) is 4.90 Å². The zero-order valence-corrected chi connectivity index (χ0v) is 12.3. The minimum atomic E-state index is 0.431. The number of likely N-dealkylation sites (tertiary alicyclic amines) is 1. The molecule has 0 amide bonds. The molecule has 0 saturated carbocycles. The number of ether oxygens (including phenoxy) is 1. The Balaban J connectivity index is 1.80. The molecule has 1 aliphatic heterocycles. The van der Waals surface area contributed by atoms with Crippen molar-refractivity contribution in [2.45, 2.75) is 19.4 Å². The number of thiophene rings is 1. The summed E-state index contributed by atoms with van der Waals surface area (Å²) in [5, 5.41) is 0. The first kappa shape index (κ1) is 14.5. The molecule has 104 valence electrons. The van der Waals surface area contributed by atoms with Gasteiger partial charge in [0, 0.05) is 25.1 Å². The second-order valence-corrected chi connectivity index (χ2v) is 6.12. The van der Waals surface area contributed by atoms with E-state index in [4.69, 9.17) is 10.5 Å². The Bertz CT molecular complexity index is 438. The monoisotopic (exact) mass is 278 g/mol. The molecule has 0 atom stereocenters. The highest BCUT2D eigenvalue weighted by molar-refractivity contribution is 7.12. The largest absolute Gasteiger partial charge is 0.384 e. The van der Waals surface area contributed by atoms with E-state index in [-0.39, 0.29) is 0 Å². The molecule has 2 rings (SSSR count). The standard InChI is InChI=1S/C15H22N2OS/c1-18-12-13-6-9-17(10-7-13)11-15-5-4-14(19-15)3-2-8-16/h4-5,13H,6-12,16H2,1H3. The average Bonchev–Trinajstić information content (AvgIpc) is 2.87. The molecular weight excluding hydrogens is 256 g/mol. The van der Waals surface area contributed by atoms with Crippen LogP contribution in [0.5, 0.6) is 0 Å². The molecule has 1 aromatic rings. The Morgan fingerprint density at radius 1 is 1.42 bits per heavy atom. The SMILES string of the molecule is COCC1CCN(Cc2ccc(C#CCN)s2)CC1. The Morgan fingerprint density at radius 3 is 2.89 bits per heavy atom. The van der Waals surface area contributed by atoms with Crippen molar-refractivity contribution in [3.05, 3.63) is 21.9 Å². The summed E-state index contributed by atoms with van der Waals surface area (Å²) in [7, 11) is 1.79. The molecule has 1 saturated heterocycles. The van der Waals surface area contributed by atoms with Gasteiger partial charge in [0.1, 0.15) is 0 Å². The van der Waals surface area contributed by atoms with E-state index >= 15 is 0 Å². The lowest BCUT2D eigenvalue weighted by molar-refractivity contribution is 0.0972. The summed E-state index contributed by atoms with van der Waals surface area (Å²) in [4.78, 5) is 5.04. The van der Waals surface area contributed by atoms with Crippen LogP contribution in [0.15, 0.2) is 12.1 Å². The fourth-order valence-electron chi connectivity index (χ4n) is 2.44. The van der Waals surface area contributed by atoms with Crippen molar-refractivity contribution in [2.24, 2.45) is 11.7 Å². The molecule has 1 fully saturated rings. The Labute approximate surface area is 119 Å². The average molecular weight is 278 g/mol. The van der Waals surface area contributed by atoms with Crippen LogP contribution in [-0.4, -0.2) is 38.3 Å². The van der Waals surface area contributed by atoms with Gasteiger partial charge in [0.05, 0.1) is 11.4 Å². The number of nitrogens with two attached hydrogens (primary N) is 1. The van der Waals surface area contributed by atoms with Gasteiger partial charge in [-0.15, -0.1) is 11.3 Å². The smallest absolute Gasteiger partial charge is 0.0772 e. The summed E-state index contributed by atoms with van der Waals surface area (Å²) >= 11 is 1.78. The minimum Gasteiger partial charge on any atom is -0.384 e. The number of hydrogen-bond acceptors (Lipinski definition) is 4. The van der Waals surface area contributed by atoms with E-state index in [9.17, 15) is 0 Å². The van der Waals surface area contributed by atoms with Gasteiger partial charge in [-0.2, -0.15) is 0 Å². The van der Waals surface area contributed by atoms with Crippen LogP contribution in [0.3, 0.4) is 0 Å². The third kappa shape index (κ3) is 4.63. The third-order valence-electron chi connectivity index (χ3n) is 3.46.